The SMILES string of the molecule is C#Cc1cnc(C)c(NS(=O)(=O)c2ccc(F)cc2)c1. The number of terminal acetylenes is 1. The van der Waals surface area contributed by atoms with Gasteiger partial charge >= 0.3 is 0 Å². The van der Waals surface area contributed by atoms with E-state index in [0.717, 1.165) is 12.1 Å². The van der Waals surface area contributed by atoms with Gasteiger partial charge in [0.1, 0.15) is 5.82 Å². The highest BCUT2D eigenvalue weighted by atomic mass is 32.2. The van der Waals surface area contributed by atoms with Crippen LogP contribution in [0.2, 0.25) is 0 Å². The standard InChI is InChI=1S/C14H11FN2O2S/c1-3-11-8-14(10(2)16-9-11)17-20(18,19)13-6-4-12(15)5-7-13/h1,4-9,17H,2H3. The highest BCUT2D eigenvalue weighted by molar-refractivity contribution is 7.92. The summed E-state index contributed by atoms with van der Waals surface area (Å²) in [5.41, 5.74) is 1.26. The van der Waals surface area contributed by atoms with E-state index < -0.39 is 15.8 Å². The van der Waals surface area contributed by atoms with Crippen LogP contribution in [0.1, 0.15) is 11.3 Å². The van der Waals surface area contributed by atoms with Crippen molar-refractivity contribution < 1.29 is 12.8 Å². The molecule has 1 N–H and O–H groups in total. The Hall–Kier alpha value is -2.39. The molecule has 1 aromatic carbocycles. The topological polar surface area (TPSA) is 59.1 Å². The zero-order valence-corrected chi connectivity index (χ0v) is 11.4. The van der Waals surface area contributed by atoms with Crippen LogP contribution in [0.15, 0.2) is 41.4 Å². The number of halogens is 1. The van der Waals surface area contributed by atoms with Crippen molar-refractivity contribution in [3.8, 4) is 12.3 Å². The number of hydrogen-bond acceptors (Lipinski definition) is 3. The monoisotopic (exact) mass is 290 g/mol. The molecule has 0 amide bonds. The van der Waals surface area contributed by atoms with E-state index in [2.05, 4.69) is 15.6 Å². The molecule has 2 aromatic rings. The van der Waals surface area contributed by atoms with Crippen LogP contribution in [-0.4, -0.2) is 13.4 Å². The summed E-state index contributed by atoms with van der Waals surface area (Å²) < 4.78 is 39.5. The second kappa shape index (κ2) is 5.31. The van der Waals surface area contributed by atoms with Crippen molar-refractivity contribution >= 4 is 15.7 Å². The number of benzene rings is 1. The Labute approximate surface area is 116 Å². The zero-order valence-electron chi connectivity index (χ0n) is 10.6. The number of aryl methyl sites for hydroxylation is 1. The normalized spacial score (nSPS) is 10.8. The van der Waals surface area contributed by atoms with Crippen LogP contribution in [0.3, 0.4) is 0 Å². The van der Waals surface area contributed by atoms with Crippen molar-refractivity contribution in [2.24, 2.45) is 0 Å². The lowest BCUT2D eigenvalue weighted by Crippen LogP contribution is -2.14. The van der Waals surface area contributed by atoms with Crippen molar-refractivity contribution in [2.45, 2.75) is 11.8 Å². The van der Waals surface area contributed by atoms with Crippen molar-refractivity contribution in [2.75, 3.05) is 4.72 Å². The molecule has 102 valence electrons. The van der Waals surface area contributed by atoms with E-state index in [1.807, 2.05) is 0 Å². The lowest BCUT2D eigenvalue weighted by molar-refractivity contribution is 0.599. The molecule has 1 heterocycles. The summed E-state index contributed by atoms with van der Waals surface area (Å²) in [6.45, 7) is 1.66. The molecule has 0 aliphatic carbocycles. The number of nitrogens with zero attached hydrogens (tertiary/aromatic N) is 1. The fourth-order valence-electron chi connectivity index (χ4n) is 1.53. The molecule has 1 aromatic heterocycles. The van der Waals surface area contributed by atoms with Crippen LogP contribution < -0.4 is 4.72 Å². The molecule has 0 radical (unpaired) electrons. The number of nitrogens with one attached hydrogen (secondary N) is 1. The Morgan fingerprint density at radius 3 is 2.55 bits per heavy atom. The number of hydrogen-bond donors (Lipinski definition) is 1. The van der Waals surface area contributed by atoms with Gasteiger partial charge in [0.2, 0.25) is 0 Å². The highest BCUT2D eigenvalue weighted by Crippen LogP contribution is 2.19. The van der Waals surface area contributed by atoms with Gasteiger partial charge in [0.15, 0.2) is 0 Å². The minimum Gasteiger partial charge on any atom is -0.278 e. The summed E-state index contributed by atoms with van der Waals surface area (Å²) in [6.07, 6.45) is 6.73. The van der Waals surface area contributed by atoms with Gasteiger partial charge in [-0.25, -0.2) is 12.8 Å². The smallest absolute Gasteiger partial charge is 0.261 e. The van der Waals surface area contributed by atoms with Crippen molar-refractivity contribution in [3.05, 3.63) is 53.6 Å². The number of anilines is 1. The summed E-state index contributed by atoms with van der Waals surface area (Å²) in [7, 11) is -3.80. The molecular weight excluding hydrogens is 279 g/mol. The lowest BCUT2D eigenvalue weighted by atomic mass is 10.2. The quantitative estimate of drug-likeness (QED) is 0.882. The Bertz CT molecular complexity index is 778. The van der Waals surface area contributed by atoms with E-state index in [1.165, 1.54) is 24.4 Å². The van der Waals surface area contributed by atoms with Crippen LogP contribution in [0.25, 0.3) is 0 Å². The third kappa shape index (κ3) is 2.95. The molecule has 0 bridgehead atoms. The minimum atomic E-state index is -3.80. The average Bonchev–Trinajstić information content (AvgIpc) is 2.41. The molecule has 0 aliphatic heterocycles. The van der Waals surface area contributed by atoms with E-state index in [-0.39, 0.29) is 4.90 Å². The van der Waals surface area contributed by atoms with E-state index in [9.17, 15) is 12.8 Å². The number of pyridine rings is 1. The first-order valence-electron chi connectivity index (χ1n) is 5.64. The van der Waals surface area contributed by atoms with Gasteiger partial charge in [-0.1, -0.05) is 5.92 Å². The van der Waals surface area contributed by atoms with E-state index in [4.69, 9.17) is 6.42 Å². The Balaban J connectivity index is 2.38. The summed E-state index contributed by atoms with van der Waals surface area (Å²) in [6, 6.07) is 6.05. The largest absolute Gasteiger partial charge is 0.278 e. The summed E-state index contributed by atoms with van der Waals surface area (Å²) >= 11 is 0. The molecule has 2 rings (SSSR count). The number of aromatic nitrogens is 1. The van der Waals surface area contributed by atoms with Gasteiger partial charge in [0.25, 0.3) is 10.0 Å². The third-order valence-corrected chi connectivity index (χ3v) is 4.00. The van der Waals surface area contributed by atoms with Crippen LogP contribution in [0, 0.1) is 25.1 Å². The summed E-state index contributed by atoms with van der Waals surface area (Å²) in [4.78, 5) is 3.97. The number of rotatable bonds is 3. The van der Waals surface area contributed by atoms with Crippen molar-refractivity contribution in [1.82, 2.24) is 4.98 Å². The summed E-state index contributed by atoms with van der Waals surface area (Å²) in [5.74, 6) is 1.88. The Morgan fingerprint density at radius 2 is 1.95 bits per heavy atom. The molecule has 0 aliphatic rings. The molecule has 4 nitrogen and oxygen atoms in total. The first-order chi connectivity index (χ1) is 9.42. The molecule has 6 heteroatoms. The molecule has 0 spiro atoms. The minimum absolute atomic E-state index is 0.0376. The predicted molar refractivity (Wildman–Crippen MR) is 74.1 cm³/mol. The van der Waals surface area contributed by atoms with Gasteiger partial charge in [-0.05, 0) is 37.3 Å². The fourth-order valence-corrected chi connectivity index (χ4v) is 2.64. The van der Waals surface area contributed by atoms with E-state index >= 15 is 0 Å². The van der Waals surface area contributed by atoms with Crippen LogP contribution in [0.5, 0.6) is 0 Å². The maximum Gasteiger partial charge on any atom is 0.261 e. The van der Waals surface area contributed by atoms with Gasteiger partial charge in [0.05, 0.1) is 16.3 Å². The second-order valence-electron chi connectivity index (χ2n) is 4.06. The Kier molecular flexibility index (Phi) is 3.72. The van der Waals surface area contributed by atoms with Crippen molar-refractivity contribution in [1.29, 1.82) is 0 Å². The van der Waals surface area contributed by atoms with Gasteiger partial charge in [0, 0.05) is 11.8 Å². The van der Waals surface area contributed by atoms with Crippen LogP contribution in [0.4, 0.5) is 10.1 Å². The molecule has 0 fully saturated rings. The maximum absolute atomic E-state index is 12.8. The fraction of sp³-hybridized carbons (Fsp3) is 0.0714. The zero-order chi connectivity index (χ0) is 14.8. The molecule has 0 atom stereocenters. The molecule has 0 saturated heterocycles. The average molecular weight is 290 g/mol. The maximum atomic E-state index is 12.8. The Morgan fingerprint density at radius 1 is 1.30 bits per heavy atom. The van der Waals surface area contributed by atoms with Crippen LogP contribution >= 0.6 is 0 Å². The van der Waals surface area contributed by atoms with Crippen LogP contribution in [-0.2, 0) is 10.0 Å². The molecular formula is C14H11FN2O2S. The molecule has 20 heavy (non-hydrogen) atoms. The first-order valence-corrected chi connectivity index (χ1v) is 7.12. The third-order valence-electron chi connectivity index (χ3n) is 2.62. The van der Waals surface area contributed by atoms with Crippen molar-refractivity contribution in [3.63, 3.8) is 0 Å². The first kappa shape index (κ1) is 14.0. The van der Waals surface area contributed by atoms with Gasteiger partial charge < -0.3 is 0 Å². The van der Waals surface area contributed by atoms with Gasteiger partial charge in [-0.3, -0.25) is 9.71 Å². The predicted octanol–water partition coefficient (Wildman–Crippen LogP) is 2.31. The number of sulfonamides is 1. The van der Waals surface area contributed by atoms with E-state index in [0.29, 0.717) is 16.9 Å². The van der Waals surface area contributed by atoms with E-state index in [1.54, 1.807) is 6.92 Å². The molecule has 0 unspecified atom stereocenters. The molecule has 0 saturated carbocycles. The highest BCUT2D eigenvalue weighted by Gasteiger charge is 2.15. The summed E-state index contributed by atoms with van der Waals surface area (Å²) in [5, 5.41) is 0. The lowest BCUT2D eigenvalue weighted by Gasteiger charge is -2.10. The second-order valence-corrected chi connectivity index (χ2v) is 5.74. The van der Waals surface area contributed by atoms with Gasteiger partial charge in [-0.15, -0.1) is 6.42 Å². The van der Waals surface area contributed by atoms with Gasteiger partial charge in [-0.2, -0.15) is 0 Å².